The van der Waals surface area contributed by atoms with Crippen molar-refractivity contribution in [3.63, 3.8) is 0 Å². The van der Waals surface area contributed by atoms with Crippen molar-refractivity contribution in [1.82, 2.24) is 24.5 Å². The van der Waals surface area contributed by atoms with Gasteiger partial charge in [0, 0.05) is 39.9 Å². The number of hydrogen-bond acceptors (Lipinski definition) is 4. The zero-order valence-corrected chi connectivity index (χ0v) is 13.7. The zero-order valence-electron chi connectivity index (χ0n) is 13.7. The molecule has 1 saturated heterocycles. The van der Waals surface area contributed by atoms with Crippen LogP contribution >= 0.6 is 0 Å². The van der Waals surface area contributed by atoms with Gasteiger partial charge in [-0.3, -0.25) is 14.4 Å². The van der Waals surface area contributed by atoms with Crippen LogP contribution in [0.2, 0.25) is 0 Å². The van der Waals surface area contributed by atoms with Crippen molar-refractivity contribution in [2.75, 3.05) is 46.8 Å². The number of carbonyl (C=O) groups is 1. The van der Waals surface area contributed by atoms with Crippen molar-refractivity contribution in [2.24, 2.45) is 0 Å². The molecule has 6 nitrogen and oxygen atoms in total. The summed E-state index contributed by atoms with van der Waals surface area (Å²) in [4.78, 5) is 18.5. The van der Waals surface area contributed by atoms with Gasteiger partial charge in [0.2, 0.25) is 5.91 Å². The Bertz CT molecular complexity index is 506. The number of piperidine rings is 1. The fourth-order valence-electron chi connectivity index (χ4n) is 3.49. The van der Waals surface area contributed by atoms with Crippen molar-refractivity contribution < 1.29 is 4.79 Å². The molecule has 6 heteroatoms. The molecule has 0 N–H and O–H groups in total. The summed E-state index contributed by atoms with van der Waals surface area (Å²) < 4.78 is 2.17. The second-order valence-electron chi connectivity index (χ2n) is 6.74. The Morgan fingerprint density at radius 1 is 1.27 bits per heavy atom. The third kappa shape index (κ3) is 3.50. The SMILES string of the molecule is CN(C)C(=O)CN1Cc2ccnn2C(CN2CCCCC2)C1. The van der Waals surface area contributed by atoms with Crippen molar-refractivity contribution in [1.29, 1.82) is 0 Å². The van der Waals surface area contributed by atoms with Crippen molar-refractivity contribution in [2.45, 2.75) is 31.8 Å². The van der Waals surface area contributed by atoms with Crippen LogP contribution in [0.5, 0.6) is 0 Å². The number of nitrogens with zero attached hydrogens (tertiary/aromatic N) is 5. The first-order valence-electron chi connectivity index (χ1n) is 8.31. The largest absolute Gasteiger partial charge is 0.348 e. The molecule has 1 atom stereocenters. The normalized spacial score (nSPS) is 23.3. The number of carbonyl (C=O) groups excluding carboxylic acids is 1. The van der Waals surface area contributed by atoms with Crippen molar-refractivity contribution >= 4 is 5.91 Å². The number of likely N-dealkylation sites (tertiary alicyclic amines) is 1. The van der Waals surface area contributed by atoms with Crippen molar-refractivity contribution in [3.05, 3.63) is 18.0 Å². The van der Waals surface area contributed by atoms with E-state index in [4.69, 9.17) is 0 Å². The van der Waals surface area contributed by atoms with E-state index in [1.165, 1.54) is 38.0 Å². The second kappa shape index (κ2) is 6.79. The molecule has 22 heavy (non-hydrogen) atoms. The first-order chi connectivity index (χ1) is 10.6. The molecule has 3 heterocycles. The van der Waals surface area contributed by atoms with Gasteiger partial charge in [-0.1, -0.05) is 6.42 Å². The Hall–Kier alpha value is -1.40. The summed E-state index contributed by atoms with van der Waals surface area (Å²) >= 11 is 0. The van der Waals surface area contributed by atoms with Gasteiger partial charge < -0.3 is 9.80 Å². The molecule has 122 valence electrons. The number of rotatable bonds is 4. The smallest absolute Gasteiger partial charge is 0.236 e. The van der Waals surface area contributed by atoms with Crippen LogP contribution in [0.25, 0.3) is 0 Å². The molecular formula is C16H27N5O. The van der Waals surface area contributed by atoms with Crippen LogP contribution in [-0.4, -0.2) is 77.2 Å². The molecule has 3 rings (SSSR count). The van der Waals surface area contributed by atoms with Crippen LogP contribution in [0.3, 0.4) is 0 Å². The third-order valence-electron chi connectivity index (χ3n) is 4.73. The monoisotopic (exact) mass is 305 g/mol. The van der Waals surface area contributed by atoms with Gasteiger partial charge in [0.05, 0.1) is 18.3 Å². The van der Waals surface area contributed by atoms with Crippen LogP contribution in [0, 0.1) is 0 Å². The summed E-state index contributed by atoms with van der Waals surface area (Å²) in [6.07, 6.45) is 5.86. The van der Waals surface area contributed by atoms with E-state index in [2.05, 4.69) is 25.6 Å². The number of fused-ring (bicyclic) bond motifs is 1. The van der Waals surface area contributed by atoms with E-state index in [9.17, 15) is 4.79 Å². The topological polar surface area (TPSA) is 44.6 Å². The van der Waals surface area contributed by atoms with E-state index in [1.54, 1.807) is 4.90 Å². The Labute approximate surface area is 132 Å². The molecule has 0 spiro atoms. The first kappa shape index (κ1) is 15.5. The van der Waals surface area contributed by atoms with Gasteiger partial charge in [-0.2, -0.15) is 5.10 Å². The second-order valence-corrected chi connectivity index (χ2v) is 6.74. The van der Waals surface area contributed by atoms with E-state index in [0.717, 1.165) is 19.6 Å². The summed E-state index contributed by atoms with van der Waals surface area (Å²) in [5, 5.41) is 4.52. The van der Waals surface area contributed by atoms with E-state index in [-0.39, 0.29) is 5.91 Å². The standard InChI is InChI=1S/C16H27N5O/c1-18(2)16(22)13-20-10-14-6-7-17-21(14)15(12-20)11-19-8-4-3-5-9-19/h6-7,15H,3-5,8-13H2,1-2H3. The lowest BCUT2D eigenvalue weighted by molar-refractivity contribution is -0.130. The predicted octanol–water partition coefficient (Wildman–Crippen LogP) is 0.814. The summed E-state index contributed by atoms with van der Waals surface area (Å²) in [6, 6.07) is 2.43. The van der Waals surface area contributed by atoms with Crippen LogP contribution in [0.15, 0.2) is 12.3 Å². The summed E-state index contributed by atoms with van der Waals surface area (Å²) in [6.45, 7) is 5.66. The minimum Gasteiger partial charge on any atom is -0.348 e. The van der Waals surface area contributed by atoms with Gasteiger partial charge in [-0.15, -0.1) is 0 Å². The Kier molecular flexibility index (Phi) is 4.78. The summed E-state index contributed by atoms with van der Waals surface area (Å²) in [7, 11) is 3.64. The van der Waals surface area contributed by atoms with Crippen molar-refractivity contribution in [3.8, 4) is 0 Å². The quantitative estimate of drug-likeness (QED) is 0.826. The molecule has 0 aromatic carbocycles. The molecule has 0 saturated carbocycles. The van der Waals surface area contributed by atoms with E-state index >= 15 is 0 Å². The van der Waals surface area contributed by atoms with Crippen LogP contribution in [0.1, 0.15) is 31.0 Å². The lowest BCUT2D eigenvalue weighted by Gasteiger charge is -2.37. The average Bonchev–Trinajstić information content (AvgIpc) is 2.97. The van der Waals surface area contributed by atoms with E-state index in [0.29, 0.717) is 12.6 Å². The molecule has 0 aliphatic carbocycles. The maximum absolute atomic E-state index is 12.0. The Morgan fingerprint density at radius 3 is 2.77 bits per heavy atom. The third-order valence-corrected chi connectivity index (χ3v) is 4.73. The Morgan fingerprint density at radius 2 is 2.05 bits per heavy atom. The average molecular weight is 305 g/mol. The molecular weight excluding hydrogens is 278 g/mol. The minimum absolute atomic E-state index is 0.171. The fraction of sp³-hybridized carbons (Fsp3) is 0.750. The molecule has 0 radical (unpaired) electrons. The minimum atomic E-state index is 0.171. The number of amides is 1. The molecule has 1 unspecified atom stereocenters. The van der Waals surface area contributed by atoms with Crippen LogP contribution < -0.4 is 0 Å². The van der Waals surface area contributed by atoms with Gasteiger partial charge in [0.1, 0.15) is 0 Å². The highest BCUT2D eigenvalue weighted by atomic mass is 16.2. The zero-order chi connectivity index (χ0) is 15.5. The van der Waals surface area contributed by atoms with Gasteiger partial charge >= 0.3 is 0 Å². The molecule has 1 aromatic rings. The van der Waals surface area contributed by atoms with Crippen LogP contribution in [-0.2, 0) is 11.3 Å². The highest BCUT2D eigenvalue weighted by Crippen LogP contribution is 2.22. The lowest BCUT2D eigenvalue weighted by Crippen LogP contribution is -2.46. The molecule has 1 amide bonds. The van der Waals surface area contributed by atoms with Gasteiger partial charge in [0.15, 0.2) is 0 Å². The van der Waals surface area contributed by atoms with Gasteiger partial charge in [-0.05, 0) is 32.0 Å². The highest BCUT2D eigenvalue weighted by Gasteiger charge is 2.28. The molecule has 1 fully saturated rings. The molecule has 2 aliphatic heterocycles. The summed E-state index contributed by atoms with van der Waals surface area (Å²) in [5.41, 5.74) is 1.22. The number of likely N-dealkylation sites (N-methyl/N-ethyl adjacent to an activating group) is 1. The van der Waals surface area contributed by atoms with Gasteiger partial charge in [0.25, 0.3) is 0 Å². The van der Waals surface area contributed by atoms with E-state index < -0.39 is 0 Å². The predicted molar refractivity (Wildman–Crippen MR) is 85.5 cm³/mol. The molecule has 2 aliphatic rings. The van der Waals surface area contributed by atoms with E-state index in [1.807, 2.05) is 20.3 Å². The van der Waals surface area contributed by atoms with Crippen LogP contribution in [0.4, 0.5) is 0 Å². The maximum atomic E-state index is 12.0. The number of aromatic nitrogens is 2. The lowest BCUT2D eigenvalue weighted by atomic mass is 10.1. The molecule has 0 bridgehead atoms. The first-order valence-corrected chi connectivity index (χ1v) is 8.31. The fourth-order valence-corrected chi connectivity index (χ4v) is 3.49. The van der Waals surface area contributed by atoms with Gasteiger partial charge in [-0.25, -0.2) is 0 Å². The Balaban J connectivity index is 1.67. The number of hydrogen-bond donors (Lipinski definition) is 0. The maximum Gasteiger partial charge on any atom is 0.236 e. The molecule has 1 aromatic heterocycles. The highest BCUT2D eigenvalue weighted by molar-refractivity contribution is 5.77. The summed E-state index contributed by atoms with van der Waals surface area (Å²) in [5.74, 6) is 0.171.